The predicted molar refractivity (Wildman–Crippen MR) is 93.5 cm³/mol. The third kappa shape index (κ3) is 2.87. The second-order valence-corrected chi connectivity index (χ2v) is 5.71. The lowest BCUT2D eigenvalue weighted by Crippen LogP contribution is -2.02. The van der Waals surface area contributed by atoms with Crippen LogP contribution < -0.4 is 10.2 Å². The van der Waals surface area contributed by atoms with E-state index in [-0.39, 0.29) is 34.0 Å². The largest absolute Gasteiger partial charge is 0.507 e. The first-order valence-corrected chi connectivity index (χ1v) is 7.85. The van der Waals surface area contributed by atoms with Gasteiger partial charge in [-0.1, -0.05) is 13.3 Å². The number of hydrogen-bond donors (Lipinski definition) is 3. The Hall–Kier alpha value is -3.15. The molecule has 0 saturated carbocycles. The maximum atomic E-state index is 12.5. The van der Waals surface area contributed by atoms with Crippen LogP contribution in [0.4, 0.5) is 0 Å². The molecule has 0 aliphatic rings. The van der Waals surface area contributed by atoms with Crippen LogP contribution in [0.15, 0.2) is 39.5 Å². The summed E-state index contributed by atoms with van der Waals surface area (Å²) in [6.07, 6.45) is 1.16. The number of phenolic OH excluding ortho intramolecular Hbond substituents is 3. The smallest absolute Gasteiger partial charge is 0.197 e. The summed E-state index contributed by atoms with van der Waals surface area (Å²) in [5.41, 5.74) is 0.445. The van der Waals surface area contributed by atoms with Gasteiger partial charge in [-0.2, -0.15) is 0 Å². The zero-order valence-electron chi connectivity index (χ0n) is 13.9. The Morgan fingerprint density at radius 3 is 2.48 bits per heavy atom. The maximum Gasteiger partial charge on any atom is 0.197 e. The molecule has 3 N–H and O–H groups in total. The summed E-state index contributed by atoms with van der Waals surface area (Å²) in [7, 11) is 1.43. The van der Waals surface area contributed by atoms with Crippen molar-refractivity contribution in [1.29, 1.82) is 0 Å². The summed E-state index contributed by atoms with van der Waals surface area (Å²) in [4.78, 5) is 12.5. The van der Waals surface area contributed by atoms with Crippen molar-refractivity contribution in [3.63, 3.8) is 0 Å². The SMILES string of the molecule is CCCc1c(O)cc2oc(-c3ccc(OC)c(O)c3)cc(=O)c2c1O. The Morgan fingerprint density at radius 2 is 1.84 bits per heavy atom. The Kier molecular flexibility index (Phi) is 4.27. The van der Waals surface area contributed by atoms with Gasteiger partial charge in [-0.05, 0) is 24.6 Å². The maximum absolute atomic E-state index is 12.5. The van der Waals surface area contributed by atoms with Crippen molar-refractivity contribution < 1.29 is 24.5 Å². The van der Waals surface area contributed by atoms with Crippen molar-refractivity contribution in [3.8, 4) is 34.3 Å². The van der Waals surface area contributed by atoms with Gasteiger partial charge >= 0.3 is 0 Å². The fraction of sp³-hybridized carbons (Fsp3) is 0.211. The number of methoxy groups -OCH3 is 1. The van der Waals surface area contributed by atoms with Gasteiger partial charge in [0.15, 0.2) is 16.9 Å². The van der Waals surface area contributed by atoms with E-state index in [0.29, 0.717) is 29.7 Å². The summed E-state index contributed by atoms with van der Waals surface area (Å²) < 4.78 is 10.7. The second-order valence-electron chi connectivity index (χ2n) is 5.71. The first kappa shape index (κ1) is 16.7. The number of rotatable bonds is 4. The van der Waals surface area contributed by atoms with E-state index < -0.39 is 5.43 Å². The summed E-state index contributed by atoms with van der Waals surface area (Å²) in [6, 6.07) is 7.17. The van der Waals surface area contributed by atoms with E-state index in [4.69, 9.17) is 9.15 Å². The quantitative estimate of drug-likeness (QED) is 0.670. The molecule has 25 heavy (non-hydrogen) atoms. The normalized spacial score (nSPS) is 11.0. The first-order chi connectivity index (χ1) is 12.0. The van der Waals surface area contributed by atoms with Gasteiger partial charge in [-0.25, -0.2) is 0 Å². The Bertz CT molecular complexity index is 1000. The molecule has 0 aliphatic heterocycles. The van der Waals surface area contributed by atoms with Crippen LogP contribution in [-0.4, -0.2) is 22.4 Å². The standard InChI is InChI=1S/C19H18O6/c1-3-4-11-12(20)8-17-18(19(11)23)14(22)9-16(25-17)10-5-6-15(24-2)13(21)7-10/h5-9,20-21,23H,3-4H2,1-2H3. The van der Waals surface area contributed by atoms with Gasteiger partial charge in [0.05, 0.1) is 7.11 Å². The van der Waals surface area contributed by atoms with E-state index in [9.17, 15) is 20.1 Å². The van der Waals surface area contributed by atoms with Gasteiger partial charge in [0.2, 0.25) is 0 Å². The fourth-order valence-electron chi connectivity index (χ4n) is 2.81. The van der Waals surface area contributed by atoms with E-state index in [1.807, 2.05) is 6.92 Å². The molecule has 0 atom stereocenters. The van der Waals surface area contributed by atoms with Gasteiger partial charge in [0.25, 0.3) is 0 Å². The Morgan fingerprint density at radius 1 is 1.08 bits per heavy atom. The highest BCUT2D eigenvalue weighted by Crippen LogP contribution is 2.37. The molecule has 1 aromatic heterocycles. The molecule has 2 aromatic carbocycles. The summed E-state index contributed by atoms with van der Waals surface area (Å²) >= 11 is 0. The van der Waals surface area contributed by atoms with Crippen LogP contribution in [0.1, 0.15) is 18.9 Å². The van der Waals surface area contributed by atoms with Gasteiger partial charge in [0, 0.05) is 23.3 Å². The molecule has 0 radical (unpaired) electrons. The van der Waals surface area contributed by atoms with Crippen molar-refractivity contribution in [3.05, 3.63) is 46.1 Å². The van der Waals surface area contributed by atoms with Crippen LogP contribution in [0, 0.1) is 0 Å². The van der Waals surface area contributed by atoms with Crippen LogP contribution in [0.2, 0.25) is 0 Å². The van der Waals surface area contributed by atoms with Crippen molar-refractivity contribution in [2.45, 2.75) is 19.8 Å². The lowest BCUT2D eigenvalue weighted by Gasteiger charge is -2.10. The molecule has 1 heterocycles. The van der Waals surface area contributed by atoms with Crippen molar-refractivity contribution in [2.75, 3.05) is 7.11 Å². The highest BCUT2D eigenvalue weighted by atomic mass is 16.5. The van der Waals surface area contributed by atoms with Crippen molar-refractivity contribution in [2.24, 2.45) is 0 Å². The lowest BCUT2D eigenvalue weighted by atomic mass is 10.0. The van der Waals surface area contributed by atoms with E-state index in [1.165, 1.54) is 25.3 Å². The average molecular weight is 342 g/mol. The number of ether oxygens (including phenoxy) is 1. The van der Waals surface area contributed by atoms with Crippen LogP contribution in [0.5, 0.6) is 23.0 Å². The number of fused-ring (bicyclic) bond motifs is 1. The van der Waals surface area contributed by atoms with E-state index in [0.717, 1.165) is 0 Å². The minimum Gasteiger partial charge on any atom is -0.507 e. The molecule has 6 nitrogen and oxygen atoms in total. The Balaban J connectivity index is 2.22. The van der Waals surface area contributed by atoms with Crippen LogP contribution in [0.25, 0.3) is 22.3 Å². The highest BCUT2D eigenvalue weighted by molar-refractivity contribution is 5.88. The number of hydrogen-bond acceptors (Lipinski definition) is 6. The van der Waals surface area contributed by atoms with E-state index in [2.05, 4.69) is 0 Å². The number of benzene rings is 2. The fourth-order valence-corrected chi connectivity index (χ4v) is 2.81. The van der Waals surface area contributed by atoms with Crippen LogP contribution in [-0.2, 0) is 6.42 Å². The zero-order valence-corrected chi connectivity index (χ0v) is 13.9. The minimum absolute atomic E-state index is 0.0303. The molecule has 0 amide bonds. The third-order valence-corrected chi connectivity index (χ3v) is 4.04. The van der Waals surface area contributed by atoms with Gasteiger partial charge < -0.3 is 24.5 Å². The summed E-state index contributed by atoms with van der Waals surface area (Å²) in [6.45, 7) is 1.91. The van der Waals surface area contributed by atoms with E-state index >= 15 is 0 Å². The molecule has 0 bridgehead atoms. The van der Waals surface area contributed by atoms with Gasteiger partial charge in [-0.15, -0.1) is 0 Å². The van der Waals surface area contributed by atoms with Crippen LogP contribution >= 0.6 is 0 Å². The summed E-state index contributed by atoms with van der Waals surface area (Å²) in [5, 5.41) is 30.4. The summed E-state index contributed by atoms with van der Waals surface area (Å²) in [5.74, 6) is 0.0371. The lowest BCUT2D eigenvalue weighted by molar-refractivity contribution is 0.373. The van der Waals surface area contributed by atoms with Crippen LogP contribution in [0.3, 0.4) is 0 Å². The number of phenols is 3. The first-order valence-electron chi connectivity index (χ1n) is 7.85. The second kappa shape index (κ2) is 6.39. The molecule has 0 aliphatic carbocycles. The molecule has 0 saturated heterocycles. The third-order valence-electron chi connectivity index (χ3n) is 4.04. The molecular formula is C19H18O6. The molecule has 0 spiro atoms. The minimum atomic E-state index is -0.429. The monoisotopic (exact) mass is 342 g/mol. The van der Waals surface area contributed by atoms with Crippen molar-refractivity contribution >= 4 is 11.0 Å². The topological polar surface area (TPSA) is 100 Å². The predicted octanol–water partition coefficient (Wildman–Crippen LogP) is 3.54. The molecule has 130 valence electrons. The molecule has 3 rings (SSSR count). The van der Waals surface area contributed by atoms with Gasteiger partial charge in [0.1, 0.15) is 28.2 Å². The Labute approximate surface area is 143 Å². The zero-order chi connectivity index (χ0) is 18.1. The molecular weight excluding hydrogens is 324 g/mol. The molecule has 3 aromatic rings. The van der Waals surface area contributed by atoms with Gasteiger partial charge in [-0.3, -0.25) is 4.79 Å². The van der Waals surface area contributed by atoms with E-state index in [1.54, 1.807) is 12.1 Å². The molecule has 0 unspecified atom stereocenters. The molecule has 0 fully saturated rings. The average Bonchev–Trinajstić information content (AvgIpc) is 2.57. The highest BCUT2D eigenvalue weighted by Gasteiger charge is 2.17. The number of aromatic hydroxyl groups is 3. The van der Waals surface area contributed by atoms with Crippen molar-refractivity contribution in [1.82, 2.24) is 0 Å². The molecule has 6 heteroatoms.